The molecule has 4 aromatic carbocycles. The van der Waals surface area contributed by atoms with Crippen molar-refractivity contribution in [3.8, 4) is 22.5 Å². The van der Waals surface area contributed by atoms with Gasteiger partial charge in [0.25, 0.3) is 5.09 Å². The number of nitro groups is 1. The minimum Gasteiger partial charge on any atom is -0.454 e. The van der Waals surface area contributed by atoms with Gasteiger partial charge in [0.1, 0.15) is 11.6 Å². The molecule has 0 saturated carbocycles. The Labute approximate surface area is 330 Å². The molecular weight excluding hydrogens is 748 g/mol. The number of nitrogens with zero attached hydrogens (tertiary/aromatic N) is 6. The molecule has 0 amide bonds. The number of rotatable bonds is 17. The molecule has 0 N–H and O–H groups in total. The highest BCUT2D eigenvalue weighted by molar-refractivity contribution is 5.97. The van der Waals surface area contributed by atoms with Crippen LogP contribution < -0.4 is 5.82 Å². The molecule has 7 rings (SSSR count). The largest absolute Gasteiger partial charge is 0.519 e. The van der Waals surface area contributed by atoms with Gasteiger partial charge in [-0.25, -0.2) is 19.6 Å². The second-order valence-electron chi connectivity index (χ2n) is 14.0. The van der Waals surface area contributed by atoms with Crippen molar-refractivity contribution in [2.45, 2.75) is 65.1 Å². The van der Waals surface area contributed by atoms with Gasteiger partial charge in [-0.2, -0.15) is 0 Å². The van der Waals surface area contributed by atoms with Crippen LogP contribution in [0.5, 0.6) is 0 Å². The average Bonchev–Trinajstić information content (AvgIpc) is 3.87. The van der Waals surface area contributed by atoms with E-state index in [9.17, 15) is 29.8 Å². The van der Waals surface area contributed by atoms with Gasteiger partial charge in [0.2, 0.25) is 6.04 Å². The molecule has 0 aliphatic carbocycles. The van der Waals surface area contributed by atoms with Gasteiger partial charge in [-0.05, 0) is 72.4 Å². The lowest BCUT2D eigenvalue weighted by atomic mass is 9.98. The minimum absolute atomic E-state index is 0.0291. The lowest BCUT2D eigenvalue weighted by Gasteiger charge is -2.13. The van der Waals surface area contributed by atoms with E-state index in [-0.39, 0.29) is 36.3 Å². The Bertz CT molecular complexity index is 2690. The molecule has 298 valence electrons. The number of aryl methyl sites for hydroxylation is 4. The van der Waals surface area contributed by atoms with E-state index >= 15 is 0 Å². The molecule has 3 aromatic heterocycles. The van der Waals surface area contributed by atoms with Crippen LogP contribution in [-0.4, -0.2) is 47.7 Å². The number of carbonyl (C=O) groups is 1. The van der Waals surface area contributed by atoms with Crippen molar-refractivity contribution in [2.75, 3.05) is 6.61 Å². The Balaban J connectivity index is 1.07. The van der Waals surface area contributed by atoms with Gasteiger partial charge < -0.3 is 27.5 Å². The SMILES string of the molecule is CCCc1nc2c(C)cc(-c3nc4ccccc4n3C)cc2n1Cc1ccc(-c2ccccc2C(=O)OCc2oc(=O)oc2CCC[C@H](CO[N+](=O)[O-])[N+](=O)[O-])cc1. The lowest BCUT2D eigenvalue weighted by Crippen LogP contribution is -2.27. The summed E-state index contributed by atoms with van der Waals surface area (Å²) in [5.41, 5.74) is 8.84. The van der Waals surface area contributed by atoms with E-state index in [1.165, 1.54) is 0 Å². The predicted octanol–water partition coefficient (Wildman–Crippen LogP) is 7.65. The Morgan fingerprint density at radius 1 is 0.897 bits per heavy atom. The summed E-state index contributed by atoms with van der Waals surface area (Å²) in [4.78, 5) is 60.6. The Hall–Kier alpha value is -7.10. The van der Waals surface area contributed by atoms with E-state index < -0.39 is 41.1 Å². The van der Waals surface area contributed by atoms with Crippen molar-refractivity contribution in [1.29, 1.82) is 0 Å². The summed E-state index contributed by atoms with van der Waals surface area (Å²) >= 11 is 0. The molecule has 0 aliphatic heterocycles. The fraction of sp³-hybridized carbons (Fsp3) is 0.286. The Morgan fingerprint density at radius 3 is 2.38 bits per heavy atom. The Morgan fingerprint density at radius 2 is 1.64 bits per heavy atom. The zero-order valence-corrected chi connectivity index (χ0v) is 32.1. The fourth-order valence-electron chi connectivity index (χ4n) is 7.19. The topological polar surface area (TPSA) is 201 Å². The summed E-state index contributed by atoms with van der Waals surface area (Å²) in [6.07, 6.45) is 1.81. The highest BCUT2D eigenvalue weighted by Crippen LogP contribution is 2.31. The van der Waals surface area contributed by atoms with Crippen molar-refractivity contribution >= 4 is 28.0 Å². The first kappa shape index (κ1) is 39.1. The molecule has 0 aliphatic rings. The van der Waals surface area contributed by atoms with Crippen LogP contribution in [0.2, 0.25) is 0 Å². The van der Waals surface area contributed by atoms with Crippen molar-refractivity contribution in [1.82, 2.24) is 19.1 Å². The predicted molar refractivity (Wildman–Crippen MR) is 212 cm³/mol. The number of esters is 1. The quantitative estimate of drug-likeness (QED) is 0.0497. The maximum Gasteiger partial charge on any atom is 0.519 e. The van der Waals surface area contributed by atoms with Crippen LogP contribution in [0.4, 0.5) is 0 Å². The van der Waals surface area contributed by atoms with E-state index in [1.807, 2.05) is 61.6 Å². The number of imidazole rings is 2. The van der Waals surface area contributed by atoms with Gasteiger partial charge >= 0.3 is 11.8 Å². The van der Waals surface area contributed by atoms with Crippen LogP contribution in [-0.2, 0) is 42.6 Å². The number of benzene rings is 4. The number of hydrogen-bond donors (Lipinski definition) is 0. The first-order valence-electron chi connectivity index (χ1n) is 18.8. The number of hydrogen-bond acceptors (Lipinski definition) is 12. The standard InChI is InChI=1S/C42H40N6O10/c1-4-10-38-44-39-26(2)21-29(40-43-33-14-7-8-15-34(33)45(40)3)22-35(39)46(38)23-27-17-19-28(20-18-27)31-12-5-6-13-32(31)41(49)55-25-37-36(57-42(50)58-37)16-9-11-30(47(51)52)24-56-48(53)54/h5-8,12-15,17-22,30H,4,9-11,16,23-25H2,1-3H3/t30-/m1/s1. The number of carbonyl (C=O) groups excluding carboxylic acids is 1. The molecule has 0 saturated heterocycles. The van der Waals surface area contributed by atoms with Crippen molar-refractivity contribution < 1.29 is 33.2 Å². The van der Waals surface area contributed by atoms with Gasteiger partial charge in [0.15, 0.2) is 24.7 Å². The van der Waals surface area contributed by atoms with Crippen LogP contribution >= 0.6 is 0 Å². The third-order valence-corrected chi connectivity index (χ3v) is 10.1. The van der Waals surface area contributed by atoms with Crippen LogP contribution in [0.1, 0.15) is 65.0 Å². The smallest absolute Gasteiger partial charge is 0.454 e. The number of fused-ring (bicyclic) bond motifs is 2. The van der Waals surface area contributed by atoms with Gasteiger partial charge in [0.05, 0.1) is 27.6 Å². The van der Waals surface area contributed by atoms with Crippen LogP contribution in [0.15, 0.2) is 98.6 Å². The van der Waals surface area contributed by atoms with Crippen molar-refractivity contribution in [3.05, 3.63) is 150 Å². The second-order valence-corrected chi connectivity index (χ2v) is 14.0. The highest BCUT2D eigenvalue weighted by Gasteiger charge is 2.24. The van der Waals surface area contributed by atoms with E-state index in [0.29, 0.717) is 12.1 Å². The zero-order chi connectivity index (χ0) is 40.9. The van der Waals surface area contributed by atoms with E-state index in [1.54, 1.807) is 12.1 Å². The van der Waals surface area contributed by atoms with E-state index in [4.69, 9.17) is 23.5 Å². The fourth-order valence-corrected chi connectivity index (χ4v) is 7.19. The molecule has 0 fully saturated rings. The molecule has 0 bridgehead atoms. The summed E-state index contributed by atoms with van der Waals surface area (Å²) < 4.78 is 20.1. The molecule has 0 radical (unpaired) electrons. The van der Waals surface area contributed by atoms with Crippen LogP contribution in [0.3, 0.4) is 0 Å². The third kappa shape index (κ3) is 8.35. The molecule has 16 heteroatoms. The van der Waals surface area contributed by atoms with Gasteiger partial charge in [-0.3, -0.25) is 10.1 Å². The van der Waals surface area contributed by atoms with Crippen LogP contribution in [0, 0.1) is 27.2 Å². The molecule has 0 spiro atoms. The second kappa shape index (κ2) is 17.0. The molecule has 0 unspecified atom stereocenters. The van der Waals surface area contributed by atoms with Gasteiger partial charge in [0, 0.05) is 43.3 Å². The highest BCUT2D eigenvalue weighted by atomic mass is 17.0. The molecule has 16 nitrogen and oxygen atoms in total. The Kier molecular flexibility index (Phi) is 11.4. The maximum absolute atomic E-state index is 13.4. The molecule has 1 atom stereocenters. The number of para-hydroxylation sites is 2. The molecule has 7 aromatic rings. The minimum atomic E-state index is -1.34. The van der Waals surface area contributed by atoms with Gasteiger partial charge in [-0.1, -0.05) is 61.5 Å². The monoisotopic (exact) mass is 788 g/mol. The maximum atomic E-state index is 13.4. The molecular formula is C42H40N6O10. The van der Waals surface area contributed by atoms with Crippen molar-refractivity contribution in [2.24, 2.45) is 7.05 Å². The molecule has 58 heavy (non-hydrogen) atoms. The summed E-state index contributed by atoms with van der Waals surface area (Å²) in [5, 5.41) is 20.6. The summed E-state index contributed by atoms with van der Waals surface area (Å²) in [6, 6.07) is 26.0. The molecule has 3 heterocycles. The number of aromatic nitrogens is 4. The van der Waals surface area contributed by atoms with Crippen LogP contribution in [0.25, 0.3) is 44.6 Å². The number of ether oxygens (including phenoxy) is 1. The van der Waals surface area contributed by atoms with Crippen molar-refractivity contribution in [3.63, 3.8) is 0 Å². The third-order valence-electron chi connectivity index (χ3n) is 10.1. The summed E-state index contributed by atoms with van der Waals surface area (Å²) in [7, 11) is 2.03. The van der Waals surface area contributed by atoms with Gasteiger partial charge in [-0.15, -0.1) is 10.1 Å². The zero-order valence-electron chi connectivity index (χ0n) is 32.1. The summed E-state index contributed by atoms with van der Waals surface area (Å²) in [5.74, 6) is 0.218. The first-order valence-corrected chi connectivity index (χ1v) is 18.8. The first-order chi connectivity index (χ1) is 28.0. The lowest BCUT2D eigenvalue weighted by molar-refractivity contribution is -0.765. The normalized spacial score (nSPS) is 11.9. The van der Waals surface area contributed by atoms with E-state index in [2.05, 4.69) is 46.0 Å². The van der Waals surface area contributed by atoms with E-state index in [0.717, 1.165) is 68.8 Å². The summed E-state index contributed by atoms with van der Waals surface area (Å²) in [6.45, 7) is 3.67. The average molecular weight is 789 g/mol.